The third kappa shape index (κ3) is 53.1. The number of aromatic amines is 1. The number of halogens is 8. The Kier molecular flexibility index (Phi) is 59.1. The molecule has 0 aromatic carbocycles. The van der Waals surface area contributed by atoms with Gasteiger partial charge in [-0.15, -0.1) is 63.1 Å². The van der Waals surface area contributed by atoms with E-state index >= 15 is 0 Å². The topological polar surface area (TPSA) is 357 Å². The van der Waals surface area contributed by atoms with E-state index in [1.807, 2.05) is 33.1 Å². The number of rotatable bonds is 35. The maximum atomic E-state index is 12.2. The average molecular weight is 1470 g/mol. The summed E-state index contributed by atoms with van der Waals surface area (Å²) >= 11 is 9.53. The van der Waals surface area contributed by atoms with E-state index in [1.165, 1.54) is 150 Å². The number of unbranched alkanes of at least 4 members (excludes halogenated alkanes) is 18. The van der Waals surface area contributed by atoms with Crippen LogP contribution < -0.4 is 42.8 Å². The molecule has 3 aromatic heterocycles. The Bertz CT molecular complexity index is 2640. The first kappa shape index (κ1) is 97.9. The molecule has 558 valence electrons. The van der Waals surface area contributed by atoms with Gasteiger partial charge in [-0.3, -0.25) is 19.2 Å². The minimum atomic E-state index is -6.09. The first-order valence-corrected chi connectivity index (χ1v) is 33.4. The van der Waals surface area contributed by atoms with E-state index in [4.69, 9.17) is 59.9 Å². The van der Waals surface area contributed by atoms with E-state index in [-0.39, 0.29) is 67.2 Å². The molecule has 3 aromatic rings. The molecule has 1 saturated heterocycles. The normalized spacial score (nSPS) is 11.6. The highest BCUT2D eigenvalue weighted by Gasteiger charge is 2.49. The molecule has 1 fully saturated rings. The summed E-state index contributed by atoms with van der Waals surface area (Å²) in [6, 6.07) is -1.67. The van der Waals surface area contributed by atoms with Gasteiger partial charge < -0.3 is 51.4 Å². The van der Waals surface area contributed by atoms with Crippen molar-refractivity contribution in [2.24, 2.45) is 0 Å². The molecule has 95 heavy (non-hydrogen) atoms. The number of H-pyrrole nitrogens is 1. The molecule has 4 rings (SSSR count). The largest absolute Gasteiger partial charge is 0.741 e. The number of aromatic nitrogens is 9. The Morgan fingerprint density at radius 3 is 1.18 bits per heavy atom. The Morgan fingerprint density at radius 2 is 0.874 bits per heavy atom. The summed E-state index contributed by atoms with van der Waals surface area (Å²) in [5, 5.41) is 0.194. The van der Waals surface area contributed by atoms with Gasteiger partial charge in [-0.1, -0.05) is 144 Å². The van der Waals surface area contributed by atoms with Crippen molar-refractivity contribution >= 4 is 61.3 Å². The molecular formula is C56H103Cl2F6N11O18S2. The fourth-order valence-corrected chi connectivity index (χ4v) is 7.17. The highest BCUT2D eigenvalue weighted by molar-refractivity contribution is 7.88. The van der Waals surface area contributed by atoms with Gasteiger partial charge in [0.1, 0.15) is 0 Å². The maximum absolute atomic E-state index is 12.2. The maximum Gasteiger partial charge on any atom is 0.534 e. The van der Waals surface area contributed by atoms with Gasteiger partial charge in [-0.25, -0.2) is 18.0 Å². The lowest BCUT2D eigenvalue weighted by Gasteiger charge is -2.25. The van der Waals surface area contributed by atoms with Crippen LogP contribution in [0.15, 0.2) is 4.79 Å². The molecule has 4 heterocycles. The number of alkyl halides is 8. The van der Waals surface area contributed by atoms with E-state index in [0.29, 0.717) is 25.7 Å². The summed E-state index contributed by atoms with van der Waals surface area (Å²) in [4.78, 5) is 67.5. The van der Waals surface area contributed by atoms with Gasteiger partial charge in [0.15, 0.2) is 16.7 Å². The number of carbonyl (C=O) groups is 2. The molecule has 1 aliphatic rings. The number of esters is 2. The second kappa shape index (κ2) is 57.3. The van der Waals surface area contributed by atoms with Crippen LogP contribution in [-0.4, -0.2) is 210 Å². The number of carbonyl (C=O) groups excluding carboxylic acids is 2. The van der Waals surface area contributed by atoms with Gasteiger partial charge in [-0.2, -0.15) is 34.8 Å². The lowest BCUT2D eigenvalue weighted by molar-refractivity contribution is -0.145. The van der Waals surface area contributed by atoms with Crippen LogP contribution in [0.2, 0.25) is 0 Å². The predicted molar refractivity (Wildman–Crippen MR) is 346 cm³/mol. The predicted octanol–water partition coefficient (Wildman–Crippen LogP) is 10.8. The fourth-order valence-electron chi connectivity index (χ4n) is 6.81. The van der Waals surface area contributed by atoms with Crippen molar-refractivity contribution in [3.05, 3.63) is 10.5 Å². The smallest absolute Gasteiger partial charge is 0.534 e. The van der Waals surface area contributed by atoms with Crippen molar-refractivity contribution in [2.45, 2.75) is 181 Å². The molecule has 0 saturated carbocycles. The molecule has 0 radical (unpaired) electrons. The van der Waals surface area contributed by atoms with Gasteiger partial charge in [0.25, 0.3) is 0 Å². The van der Waals surface area contributed by atoms with E-state index < -0.39 is 55.0 Å². The van der Waals surface area contributed by atoms with Crippen molar-refractivity contribution in [2.75, 3.05) is 116 Å². The number of ether oxygens (including phenoxy) is 9. The van der Waals surface area contributed by atoms with Gasteiger partial charge in [-0.05, 0) is 39.8 Å². The van der Waals surface area contributed by atoms with Crippen LogP contribution >= 0.6 is 23.2 Å². The van der Waals surface area contributed by atoms with Crippen LogP contribution in [0.3, 0.4) is 0 Å². The van der Waals surface area contributed by atoms with Crippen LogP contribution in [0, 0.1) is 0 Å². The Labute approximate surface area is 566 Å². The summed E-state index contributed by atoms with van der Waals surface area (Å²) in [7, 11) is 3.37. The van der Waals surface area contributed by atoms with Gasteiger partial charge in [0.05, 0.1) is 81.9 Å². The number of hydrogen-bond donors (Lipinski definition) is 1. The van der Waals surface area contributed by atoms with Crippen LogP contribution in [-0.2, 0) is 44.0 Å². The molecule has 39 heteroatoms. The van der Waals surface area contributed by atoms with Gasteiger partial charge in [0.2, 0.25) is 0 Å². The molecule has 0 unspecified atom stereocenters. The van der Waals surface area contributed by atoms with Gasteiger partial charge >= 0.3 is 86.8 Å². The monoisotopic (exact) mass is 1470 g/mol. The van der Waals surface area contributed by atoms with Crippen LogP contribution in [0.1, 0.15) is 170 Å². The molecule has 1 aliphatic heterocycles. The van der Waals surface area contributed by atoms with Crippen molar-refractivity contribution < 1.29 is 104 Å². The van der Waals surface area contributed by atoms with Crippen LogP contribution in [0.25, 0.3) is 0 Å². The quantitative estimate of drug-likeness (QED) is 0.00835. The van der Waals surface area contributed by atoms with E-state index in [9.17, 15) is 49.1 Å². The van der Waals surface area contributed by atoms with Crippen molar-refractivity contribution in [3.63, 3.8) is 0 Å². The highest BCUT2D eigenvalue weighted by atomic mass is 35.5. The summed E-state index contributed by atoms with van der Waals surface area (Å²) in [5.74, 6) is -0.00483. The minimum Gasteiger partial charge on any atom is -0.741 e. The number of likely N-dealkylation sites (N-methyl/N-ethyl adjacent to an activating group) is 2. The summed E-state index contributed by atoms with van der Waals surface area (Å²) in [5.41, 5.74) is -11.8. The van der Waals surface area contributed by atoms with Crippen molar-refractivity contribution in [1.82, 2.24) is 54.2 Å². The molecule has 0 bridgehead atoms. The lowest BCUT2D eigenvalue weighted by Crippen LogP contribution is -2.46. The summed E-state index contributed by atoms with van der Waals surface area (Å²) < 4.78 is 164. The molecule has 1 N–H and O–H groups in total. The Morgan fingerprint density at radius 1 is 0.547 bits per heavy atom. The number of nitrogens with one attached hydrogen (secondary N) is 1. The number of hydrogen-bond acceptors (Lipinski definition) is 27. The first-order valence-electron chi connectivity index (χ1n) is 29.5. The summed E-state index contributed by atoms with van der Waals surface area (Å²) in [6.07, 6.45) is 28.1. The average Bonchev–Trinajstić information content (AvgIpc) is 0.867. The lowest BCUT2D eigenvalue weighted by atomic mass is 10.1. The molecule has 29 nitrogen and oxygen atoms in total. The second-order valence-electron chi connectivity index (χ2n) is 20.0. The zero-order valence-electron chi connectivity index (χ0n) is 55.2. The van der Waals surface area contributed by atoms with Crippen molar-refractivity contribution in [3.8, 4) is 42.1 Å². The van der Waals surface area contributed by atoms with Crippen LogP contribution in [0.4, 0.5) is 32.3 Å². The van der Waals surface area contributed by atoms with E-state index in [1.54, 1.807) is 0 Å². The molecule has 0 atom stereocenters. The molecule has 0 spiro atoms. The zero-order chi connectivity index (χ0) is 71.4. The Balaban J connectivity index is -0.000000360. The van der Waals surface area contributed by atoms with E-state index in [0.717, 1.165) is 46.7 Å². The number of nitrogens with zero attached hydrogens (tertiary/aromatic N) is 10. The van der Waals surface area contributed by atoms with Crippen molar-refractivity contribution in [1.29, 1.82) is 0 Å². The minimum absolute atomic E-state index is 0. The third-order valence-electron chi connectivity index (χ3n) is 11.5. The van der Waals surface area contributed by atoms with E-state index in [2.05, 4.69) is 81.8 Å². The first-order chi connectivity index (χ1) is 43.7. The van der Waals surface area contributed by atoms with Crippen LogP contribution in [0.5, 0.6) is 42.1 Å². The van der Waals surface area contributed by atoms with Gasteiger partial charge in [0, 0.05) is 13.2 Å². The SMILES string of the molecule is C.C.C1CCOC1.CCCCCCCCCCCCOC(=O)CN(C)C.CCCCCCCCCCCCOC(=O)C[N+](C)(C)c1nc(OC)nc(OC)n1.COc1nc(OC)[nH]c(=O)n1.COc1nc(OC)nc(OS(=O)(=O)C(F)(F)F)n1.ClCCl.O=S(=O)([O-])C(F)(F)F. The molecule has 0 aliphatic carbocycles. The number of quaternary nitrogens is 1. The second-order valence-corrected chi connectivity index (χ2v) is 23.8. The third-order valence-corrected chi connectivity index (χ3v) is 13.0. The fraction of sp³-hybridized carbons (Fsp3) is 0.804. The zero-order valence-corrected chi connectivity index (χ0v) is 58.3. The molecular weight excluding hydrogens is 1360 g/mol. The summed E-state index contributed by atoms with van der Waals surface area (Å²) in [6.45, 7) is 8.05. The Hall–Kier alpha value is -5.73. The molecule has 0 amide bonds. The highest BCUT2D eigenvalue weighted by Crippen LogP contribution is 2.27. The standard InChI is InChI=1S/C21H39N4O4.C16H33NO2.C6H6F3N3O5S.C5H7N3O3.C4H8O.CH2Cl2.CHF3O3S.2CH4/c1-6-7-8-9-10-11-12-13-14-15-16-29-18(26)17-25(2,3)19-22-20(27-4)24-21(23-19)28-5;1-4-5-6-7-8-9-10-11-12-13-14-19-16(18)15-17(2)3;1-15-3-10-4(16-2)12-5(11-3)17-18(13,14)6(7,8)9;1-10-4-6-3(9)7-5(8-4)11-2;1-2-4-5-3-1;2-1-3;2-1(3,4)8(5,6)7;;/h6-17H2,1-5H3;4-15H2,1-3H3;1-2H3;1-2H3,(H,6,7,8,9);1-4H2;1H2;(H,5,6,7);2*1H4/q+1;;;;;;;;/p-1. The number of methoxy groups -OCH3 is 6.